The summed E-state index contributed by atoms with van der Waals surface area (Å²) >= 11 is 0. The zero-order valence-corrected chi connectivity index (χ0v) is 7.93. The highest BCUT2D eigenvalue weighted by Gasteiger charge is 2.30. The van der Waals surface area contributed by atoms with E-state index in [-0.39, 0.29) is 18.1 Å². The van der Waals surface area contributed by atoms with Crippen molar-refractivity contribution in [1.29, 1.82) is 0 Å². The van der Waals surface area contributed by atoms with Crippen LogP contribution in [0.3, 0.4) is 0 Å². The fourth-order valence-corrected chi connectivity index (χ4v) is 1.70. The Morgan fingerprint density at radius 1 is 1.57 bits per heavy atom. The van der Waals surface area contributed by atoms with Crippen molar-refractivity contribution in [1.82, 2.24) is 0 Å². The summed E-state index contributed by atoms with van der Waals surface area (Å²) in [5, 5.41) is 9.75. The maximum atomic E-state index is 9.75. The molecule has 0 aromatic carbocycles. The smallest absolute Gasteiger partial charge is 0.132 e. The molecule has 0 unspecified atom stereocenters. The van der Waals surface area contributed by atoms with E-state index in [1.54, 1.807) is 12.3 Å². The number of hydrogen-bond acceptors (Lipinski definition) is 3. The molecule has 0 spiro atoms. The lowest BCUT2D eigenvalue weighted by atomic mass is 9.94. The highest BCUT2D eigenvalue weighted by molar-refractivity contribution is 5.04. The highest BCUT2D eigenvalue weighted by Crippen LogP contribution is 2.31. The Morgan fingerprint density at radius 3 is 3.00 bits per heavy atom. The van der Waals surface area contributed by atoms with Crippen molar-refractivity contribution >= 4 is 0 Å². The van der Waals surface area contributed by atoms with Gasteiger partial charge in [-0.25, -0.2) is 0 Å². The Balaban J connectivity index is 2.03. The van der Waals surface area contributed by atoms with Crippen LogP contribution in [0.25, 0.3) is 0 Å². The van der Waals surface area contributed by atoms with Gasteiger partial charge in [-0.1, -0.05) is 6.08 Å². The lowest BCUT2D eigenvalue weighted by Crippen LogP contribution is -2.32. The summed E-state index contributed by atoms with van der Waals surface area (Å²) in [4.78, 5) is 0. The van der Waals surface area contributed by atoms with Crippen LogP contribution in [0.4, 0.5) is 0 Å². The van der Waals surface area contributed by atoms with Crippen LogP contribution in [-0.2, 0) is 4.74 Å². The largest absolute Gasteiger partial charge is 0.467 e. The van der Waals surface area contributed by atoms with Gasteiger partial charge in [-0.3, -0.25) is 0 Å². The third-order valence-corrected chi connectivity index (χ3v) is 2.60. The van der Waals surface area contributed by atoms with Crippen LogP contribution in [0.15, 0.2) is 35.5 Å². The number of furan rings is 1. The monoisotopic (exact) mass is 194 g/mol. The van der Waals surface area contributed by atoms with Crippen LogP contribution >= 0.6 is 0 Å². The van der Waals surface area contributed by atoms with Gasteiger partial charge in [0.25, 0.3) is 0 Å². The molecule has 1 aliphatic rings. The van der Waals surface area contributed by atoms with Crippen molar-refractivity contribution in [3.05, 3.63) is 36.8 Å². The molecule has 1 fully saturated rings. The summed E-state index contributed by atoms with van der Waals surface area (Å²) in [5.41, 5.74) is 0. The fraction of sp³-hybridized carbons (Fsp3) is 0.455. The predicted molar refractivity (Wildman–Crippen MR) is 51.7 cm³/mol. The Hall–Kier alpha value is -1.06. The average molecular weight is 194 g/mol. The van der Waals surface area contributed by atoms with Gasteiger partial charge in [0.1, 0.15) is 11.9 Å². The molecule has 1 aromatic rings. The minimum Gasteiger partial charge on any atom is -0.467 e. The molecule has 3 nitrogen and oxygen atoms in total. The van der Waals surface area contributed by atoms with Crippen molar-refractivity contribution in [2.24, 2.45) is 5.92 Å². The molecular weight excluding hydrogens is 180 g/mol. The maximum absolute atomic E-state index is 9.75. The molecule has 1 N–H and O–H groups in total. The summed E-state index contributed by atoms with van der Waals surface area (Å²) in [7, 11) is 0. The second-order valence-electron chi connectivity index (χ2n) is 3.54. The first-order chi connectivity index (χ1) is 6.81. The molecule has 0 amide bonds. The van der Waals surface area contributed by atoms with E-state index >= 15 is 0 Å². The Morgan fingerprint density at radius 2 is 2.43 bits per heavy atom. The molecule has 0 radical (unpaired) electrons. The first-order valence-electron chi connectivity index (χ1n) is 4.77. The van der Waals surface area contributed by atoms with Crippen molar-refractivity contribution in [2.45, 2.75) is 18.6 Å². The number of ether oxygens (including phenoxy) is 1. The molecule has 3 heteroatoms. The molecule has 2 rings (SSSR count). The third kappa shape index (κ3) is 1.74. The topological polar surface area (TPSA) is 42.6 Å². The SMILES string of the molecule is C=C[C@@H]1CO[C@@H](c2ccco2)C[C@H]1O. The molecule has 1 saturated heterocycles. The van der Waals surface area contributed by atoms with E-state index in [1.807, 2.05) is 12.1 Å². The molecule has 0 aliphatic carbocycles. The molecular formula is C11H14O3. The summed E-state index contributed by atoms with van der Waals surface area (Å²) in [6, 6.07) is 3.69. The second-order valence-corrected chi connectivity index (χ2v) is 3.54. The minimum atomic E-state index is -0.378. The van der Waals surface area contributed by atoms with Gasteiger partial charge in [0, 0.05) is 12.3 Å². The zero-order chi connectivity index (χ0) is 9.97. The van der Waals surface area contributed by atoms with E-state index in [0.29, 0.717) is 13.0 Å². The van der Waals surface area contributed by atoms with E-state index in [0.717, 1.165) is 5.76 Å². The van der Waals surface area contributed by atoms with Crippen LogP contribution in [0.5, 0.6) is 0 Å². The fourth-order valence-electron chi connectivity index (χ4n) is 1.70. The summed E-state index contributed by atoms with van der Waals surface area (Å²) in [6.45, 7) is 4.17. The molecule has 1 aromatic heterocycles. The Kier molecular flexibility index (Phi) is 2.70. The maximum Gasteiger partial charge on any atom is 0.132 e. The molecule has 0 bridgehead atoms. The molecule has 14 heavy (non-hydrogen) atoms. The summed E-state index contributed by atoms with van der Waals surface area (Å²) in [5.74, 6) is 0.827. The van der Waals surface area contributed by atoms with Gasteiger partial charge in [0.15, 0.2) is 0 Å². The summed E-state index contributed by atoms with van der Waals surface area (Å²) < 4.78 is 10.8. The molecule has 0 saturated carbocycles. The van der Waals surface area contributed by atoms with Gasteiger partial charge in [0.05, 0.1) is 19.0 Å². The lowest BCUT2D eigenvalue weighted by Gasteiger charge is -2.30. The predicted octanol–water partition coefficient (Wildman–Crippen LogP) is 1.90. The van der Waals surface area contributed by atoms with Gasteiger partial charge in [-0.2, -0.15) is 0 Å². The van der Waals surface area contributed by atoms with E-state index < -0.39 is 0 Å². The van der Waals surface area contributed by atoms with E-state index in [2.05, 4.69) is 6.58 Å². The molecule has 1 aliphatic heterocycles. The van der Waals surface area contributed by atoms with Gasteiger partial charge in [-0.15, -0.1) is 6.58 Å². The van der Waals surface area contributed by atoms with Crippen LogP contribution < -0.4 is 0 Å². The molecule has 3 atom stereocenters. The van der Waals surface area contributed by atoms with Crippen LogP contribution in [0.2, 0.25) is 0 Å². The quantitative estimate of drug-likeness (QED) is 0.731. The first-order valence-corrected chi connectivity index (χ1v) is 4.77. The van der Waals surface area contributed by atoms with Crippen molar-refractivity contribution < 1.29 is 14.3 Å². The van der Waals surface area contributed by atoms with Crippen LogP contribution in [-0.4, -0.2) is 17.8 Å². The van der Waals surface area contributed by atoms with Crippen molar-refractivity contribution in [2.75, 3.05) is 6.61 Å². The van der Waals surface area contributed by atoms with Gasteiger partial charge in [-0.05, 0) is 12.1 Å². The molecule has 2 heterocycles. The first kappa shape index (κ1) is 9.49. The number of aliphatic hydroxyl groups is 1. The Labute approximate surface area is 83.0 Å². The highest BCUT2D eigenvalue weighted by atomic mass is 16.5. The number of hydrogen-bond donors (Lipinski definition) is 1. The Bertz CT molecular complexity index is 291. The number of aliphatic hydroxyl groups excluding tert-OH is 1. The standard InChI is InChI=1S/C11H14O3/c1-2-8-7-14-11(6-9(8)12)10-4-3-5-13-10/h2-5,8-9,11-12H,1,6-7H2/t8-,9-,11-/m1/s1. The van der Waals surface area contributed by atoms with Crippen LogP contribution in [0, 0.1) is 5.92 Å². The van der Waals surface area contributed by atoms with Gasteiger partial charge in [0.2, 0.25) is 0 Å². The zero-order valence-electron chi connectivity index (χ0n) is 7.93. The van der Waals surface area contributed by atoms with Gasteiger partial charge >= 0.3 is 0 Å². The van der Waals surface area contributed by atoms with Crippen molar-refractivity contribution in [3.8, 4) is 0 Å². The van der Waals surface area contributed by atoms with E-state index in [1.165, 1.54) is 0 Å². The van der Waals surface area contributed by atoms with E-state index in [9.17, 15) is 5.11 Å². The van der Waals surface area contributed by atoms with Crippen LogP contribution in [0.1, 0.15) is 18.3 Å². The average Bonchev–Trinajstić information content (AvgIpc) is 2.70. The number of rotatable bonds is 2. The van der Waals surface area contributed by atoms with E-state index in [4.69, 9.17) is 9.15 Å². The normalized spacial score (nSPS) is 32.8. The lowest BCUT2D eigenvalue weighted by molar-refractivity contribution is -0.0781. The third-order valence-electron chi connectivity index (χ3n) is 2.60. The summed E-state index contributed by atoms with van der Waals surface area (Å²) in [6.07, 6.45) is 3.44. The minimum absolute atomic E-state index is 0.0428. The van der Waals surface area contributed by atoms with Crippen molar-refractivity contribution in [3.63, 3.8) is 0 Å². The second kappa shape index (κ2) is 3.98. The van der Waals surface area contributed by atoms with Gasteiger partial charge < -0.3 is 14.3 Å². The molecule has 76 valence electrons.